The van der Waals surface area contributed by atoms with E-state index in [2.05, 4.69) is 0 Å². The van der Waals surface area contributed by atoms with E-state index in [1.54, 1.807) is 53.4 Å². The van der Waals surface area contributed by atoms with Crippen LogP contribution in [-0.2, 0) is 14.8 Å². The summed E-state index contributed by atoms with van der Waals surface area (Å²) in [5.41, 5.74) is 1.34. The summed E-state index contributed by atoms with van der Waals surface area (Å²) in [4.78, 5) is 14.5. The molecule has 0 aromatic heterocycles. The van der Waals surface area contributed by atoms with Crippen molar-refractivity contribution in [1.82, 2.24) is 4.90 Å². The number of likely N-dealkylation sites (tertiary alicyclic amines) is 1. The number of anilines is 1. The molecular weight excluding hydrogens is 372 g/mol. The monoisotopic (exact) mass is 392 g/mol. The van der Waals surface area contributed by atoms with Gasteiger partial charge < -0.3 is 4.90 Å². The van der Waals surface area contributed by atoms with Crippen molar-refractivity contribution in [3.63, 3.8) is 0 Å². The van der Waals surface area contributed by atoms with Crippen molar-refractivity contribution in [2.24, 2.45) is 0 Å². The van der Waals surface area contributed by atoms with Crippen LogP contribution in [0, 0.1) is 6.92 Å². The van der Waals surface area contributed by atoms with Crippen LogP contribution in [0.15, 0.2) is 53.4 Å². The summed E-state index contributed by atoms with van der Waals surface area (Å²) in [6, 6.07) is 13.2. The lowest BCUT2D eigenvalue weighted by atomic mass is 10.2. The maximum Gasteiger partial charge on any atom is 0.264 e. The van der Waals surface area contributed by atoms with Gasteiger partial charge in [0.05, 0.1) is 10.6 Å². The second kappa shape index (κ2) is 7.68. The zero-order chi connectivity index (χ0) is 18.7. The molecule has 7 heteroatoms. The van der Waals surface area contributed by atoms with Crippen LogP contribution in [0.5, 0.6) is 0 Å². The Morgan fingerprint density at radius 2 is 1.77 bits per heavy atom. The highest BCUT2D eigenvalue weighted by atomic mass is 35.5. The summed E-state index contributed by atoms with van der Waals surface area (Å²) < 4.78 is 27.6. The van der Waals surface area contributed by atoms with Crippen molar-refractivity contribution >= 4 is 33.2 Å². The van der Waals surface area contributed by atoms with Gasteiger partial charge in [-0.15, -0.1) is 0 Å². The second-order valence-corrected chi connectivity index (χ2v) is 8.69. The van der Waals surface area contributed by atoms with Crippen molar-refractivity contribution in [2.75, 3.05) is 23.9 Å². The van der Waals surface area contributed by atoms with E-state index in [4.69, 9.17) is 11.6 Å². The molecule has 1 heterocycles. The summed E-state index contributed by atoms with van der Waals surface area (Å²) in [5, 5.41) is 0.417. The smallest absolute Gasteiger partial charge is 0.264 e. The van der Waals surface area contributed by atoms with Gasteiger partial charge in [-0.3, -0.25) is 9.10 Å². The fourth-order valence-corrected chi connectivity index (χ4v) is 4.56. The first-order valence-electron chi connectivity index (χ1n) is 8.51. The summed E-state index contributed by atoms with van der Waals surface area (Å²) in [5.74, 6) is -0.196. The number of carbonyl (C=O) groups is 1. The van der Waals surface area contributed by atoms with Gasteiger partial charge in [-0.1, -0.05) is 35.4 Å². The van der Waals surface area contributed by atoms with Crippen LogP contribution < -0.4 is 4.31 Å². The number of rotatable bonds is 5. The Morgan fingerprint density at radius 3 is 2.38 bits per heavy atom. The Labute approximate surface area is 159 Å². The van der Waals surface area contributed by atoms with Gasteiger partial charge in [-0.25, -0.2) is 8.42 Å². The molecule has 0 N–H and O–H groups in total. The standard InChI is InChI=1S/C19H21ClN2O3S/c1-15-7-9-18(10-8-15)26(24,25)22(17-6-4-5-16(20)13-17)14-19(23)21-11-2-3-12-21/h4-10,13H,2-3,11-12,14H2,1H3. The van der Waals surface area contributed by atoms with Gasteiger partial charge in [-0.05, 0) is 50.1 Å². The SMILES string of the molecule is Cc1ccc(S(=O)(=O)N(CC(=O)N2CCCC2)c2cccc(Cl)c2)cc1. The molecule has 1 aliphatic heterocycles. The molecule has 1 amide bonds. The molecule has 1 saturated heterocycles. The van der Waals surface area contributed by atoms with E-state index in [0.29, 0.717) is 23.8 Å². The Balaban J connectivity index is 1.99. The summed E-state index contributed by atoms with van der Waals surface area (Å²) in [6.07, 6.45) is 1.90. The van der Waals surface area contributed by atoms with Crippen molar-refractivity contribution in [3.05, 3.63) is 59.1 Å². The molecule has 0 atom stereocenters. The van der Waals surface area contributed by atoms with Crippen LogP contribution in [-0.4, -0.2) is 38.9 Å². The molecule has 138 valence electrons. The van der Waals surface area contributed by atoms with Crippen LogP contribution in [0.2, 0.25) is 5.02 Å². The molecule has 0 unspecified atom stereocenters. The molecule has 0 aliphatic carbocycles. The number of nitrogens with zero attached hydrogens (tertiary/aromatic N) is 2. The second-order valence-electron chi connectivity index (χ2n) is 6.39. The van der Waals surface area contributed by atoms with Gasteiger partial charge in [0.2, 0.25) is 5.91 Å². The number of amides is 1. The molecule has 26 heavy (non-hydrogen) atoms. The summed E-state index contributed by atoms with van der Waals surface area (Å²) in [6.45, 7) is 3.00. The van der Waals surface area contributed by atoms with Gasteiger partial charge in [0.1, 0.15) is 6.54 Å². The molecule has 1 fully saturated rings. The average Bonchev–Trinajstić information content (AvgIpc) is 3.14. The fourth-order valence-electron chi connectivity index (χ4n) is 2.97. The lowest BCUT2D eigenvalue weighted by Crippen LogP contribution is -2.42. The largest absolute Gasteiger partial charge is 0.341 e. The van der Waals surface area contributed by atoms with E-state index in [1.165, 1.54) is 0 Å². The van der Waals surface area contributed by atoms with E-state index >= 15 is 0 Å². The predicted octanol–water partition coefficient (Wildman–Crippen LogP) is 3.47. The Bertz CT molecular complexity index is 891. The van der Waals surface area contributed by atoms with Crippen LogP contribution in [0.1, 0.15) is 18.4 Å². The number of aryl methyl sites for hydroxylation is 1. The third kappa shape index (κ3) is 4.02. The number of halogens is 1. The van der Waals surface area contributed by atoms with Crippen molar-refractivity contribution in [2.45, 2.75) is 24.7 Å². The lowest BCUT2D eigenvalue weighted by Gasteiger charge is -2.26. The molecular formula is C19H21ClN2O3S. The zero-order valence-electron chi connectivity index (χ0n) is 14.6. The van der Waals surface area contributed by atoms with Crippen molar-refractivity contribution in [3.8, 4) is 0 Å². The van der Waals surface area contributed by atoms with Crippen LogP contribution in [0.3, 0.4) is 0 Å². The van der Waals surface area contributed by atoms with Crippen LogP contribution in [0.4, 0.5) is 5.69 Å². The van der Waals surface area contributed by atoms with Gasteiger partial charge in [0.25, 0.3) is 10.0 Å². The maximum atomic E-state index is 13.2. The van der Waals surface area contributed by atoms with E-state index in [0.717, 1.165) is 22.7 Å². The topological polar surface area (TPSA) is 57.7 Å². The minimum absolute atomic E-state index is 0.150. The molecule has 3 rings (SSSR count). The predicted molar refractivity (Wildman–Crippen MR) is 103 cm³/mol. The number of sulfonamides is 1. The van der Waals surface area contributed by atoms with Crippen molar-refractivity contribution in [1.29, 1.82) is 0 Å². The Hall–Kier alpha value is -2.05. The summed E-state index contributed by atoms with van der Waals surface area (Å²) >= 11 is 6.05. The van der Waals surface area contributed by atoms with Gasteiger partial charge >= 0.3 is 0 Å². The third-order valence-electron chi connectivity index (χ3n) is 4.44. The Morgan fingerprint density at radius 1 is 1.12 bits per heavy atom. The quantitative estimate of drug-likeness (QED) is 0.782. The molecule has 0 spiro atoms. The van der Waals surface area contributed by atoms with E-state index in [9.17, 15) is 13.2 Å². The van der Waals surface area contributed by atoms with Gasteiger partial charge in [0.15, 0.2) is 0 Å². The van der Waals surface area contributed by atoms with Crippen LogP contribution >= 0.6 is 11.6 Å². The van der Waals surface area contributed by atoms with Crippen molar-refractivity contribution < 1.29 is 13.2 Å². The highest BCUT2D eigenvalue weighted by molar-refractivity contribution is 7.92. The van der Waals surface area contributed by atoms with Gasteiger partial charge in [0, 0.05) is 18.1 Å². The number of hydrogen-bond acceptors (Lipinski definition) is 3. The van der Waals surface area contributed by atoms with E-state index in [1.807, 2.05) is 6.92 Å². The molecule has 0 saturated carbocycles. The number of hydrogen-bond donors (Lipinski definition) is 0. The minimum atomic E-state index is -3.89. The first-order chi connectivity index (χ1) is 12.4. The number of benzene rings is 2. The highest BCUT2D eigenvalue weighted by Crippen LogP contribution is 2.26. The first-order valence-corrected chi connectivity index (χ1v) is 10.3. The molecule has 0 bridgehead atoms. The third-order valence-corrected chi connectivity index (χ3v) is 6.47. The molecule has 2 aromatic rings. The number of carbonyl (C=O) groups excluding carboxylic acids is 1. The lowest BCUT2D eigenvalue weighted by molar-refractivity contribution is -0.128. The average molecular weight is 393 g/mol. The zero-order valence-corrected chi connectivity index (χ0v) is 16.1. The normalized spacial score (nSPS) is 14.5. The van der Waals surface area contributed by atoms with E-state index < -0.39 is 10.0 Å². The molecule has 2 aromatic carbocycles. The minimum Gasteiger partial charge on any atom is -0.341 e. The van der Waals surface area contributed by atoms with E-state index in [-0.39, 0.29) is 17.3 Å². The molecule has 0 radical (unpaired) electrons. The van der Waals surface area contributed by atoms with Gasteiger partial charge in [-0.2, -0.15) is 0 Å². The maximum absolute atomic E-state index is 13.2. The van der Waals surface area contributed by atoms with Crippen LogP contribution in [0.25, 0.3) is 0 Å². The fraction of sp³-hybridized carbons (Fsp3) is 0.316. The highest BCUT2D eigenvalue weighted by Gasteiger charge is 2.29. The summed E-state index contributed by atoms with van der Waals surface area (Å²) in [7, 11) is -3.89. The first kappa shape index (κ1) is 18.7. The Kier molecular flexibility index (Phi) is 5.53. The molecule has 1 aliphatic rings. The molecule has 5 nitrogen and oxygen atoms in total.